The molecule has 1 saturated carbocycles. The van der Waals surface area contributed by atoms with Gasteiger partial charge in [-0.3, -0.25) is 0 Å². The van der Waals surface area contributed by atoms with Crippen molar-refractivity contribution in [1.82, 2.24) is 9.55 Å². The monoisotopic (exact) mass is 268 g/mol. The highest BCUT2D eigenvalue weighted by Gasteiger charge is 2.30. The second-order valence-electron chi connectivity index (χ2n) is 5.96. The summed E-state index contributed by atoms with van der Waals surface area (Å²) in [6.45, 7) is 4.61. The Morgan fingerprint density at radius 1 is 1.35 bits per heavy atom. The van der Waals surface area contributed by atoms with Crippen molar-refractivity contribution in [2.75, 3.05) is 5.73 Å². The highest BCUT2D eigenvalue weighted by molar-refractivity contribution is 5.84. The number of fused-ring (bicyclic) bond motifs is 1. The first kappa shape index (κ1) is 13.0. The zero-order valence-corrected chi connectivity index (χ0v) is 12.0. The van der Waals surface area contributed by atoms with E-state index in [1.54, 1.807) is 6.07 Å². The minimum absolute atomic E-state index is 0.387. The Bertz CT molecular complexity index is 680. The summed E-state index contributed by atoms with van der Waals surface area (Å²) in [4.78, 5) is 4.44. The third-order valence-corrected chi connectivity index (χ3v) is 4.86. The second kappa shape index (κ2) is 4.82. The van der Waals surface area contributed by atoms with Gasteiger partial charge in [0.1, 0.15) is 11.6 Å². The van der Waals surface area contributed by atoms with Crippen molar-refractivity contribution in [3.05, 3.63) is 23.8 Å². The minimum Gasteiger partial charge on any atom is -0.369 e. The highest BCUT2D eigenvalue weighted by atomic mass is 15.2. The zero-order valence-electron chi connectivity index (χ0n) is 12.0. The van der Waals surface area contributed by atoms with E-state index < -0.39 is 0 Å². The predicted octanol–water partition coefficient (Wildman–Crippen LogP) is 3.49. The van der Waals surface area contributed by atoms with Crippen molar-refractivity contribution in [2.24, 2.45) is 11.8 Å². The number of benzene rings is 1. The summed E-state index contributed by atoms with van der Waals surface area (Å²) in [5.41, 5.74) is 8.49. The predicted molar refractivity (Wildman–Crippen MR) is 80.1 cm³/mol. The number of imidazole rings is 1. The molecule has 1 aliphatic carbocycles. The summed E-state index contributed by atoms with van der Waals surface area (Å²) in [6, 6.07) is 8.32. The molecule has 1 aromatic heterocycles. The second-order valence-corrected chi connectivity index (χ2v) is 5.96. The van der Waals surface area contributed by atoms with E-state index in [0.29, 0.717) is 29.4 Å². The summed E-state index contributed by atoms with van der Waals surface area (Å²) in [6.07, 6.45) is 3.65. The first-order valence-electron chi connectivity index (χ1n) is 7.30. The van der Waals surface area contributed by atoms with Crippen molar-refractivity contribution < 1.29 is 0 Å². The fraction of sp³-hybridized carbons (Fsp3) is 0.500. The third kappa shape index (κ3) is 1.85. The molecular formula is C16H20N4. The van der Waals surface area contributed by atoms with Crippen LogP contribution < -0.4 is 5.73 Å². The summed E-state index contributed by atoms with van der Waals surface area (Å²) in [5.74, 6) is 1.81. The van der Waals surface area contributed by atoms with Crippen molar-refractivity contribution in [2.45, 2.75) is 39.2 Å². The quantitative estimate of drug-likeness (QED) is 0.860. The number of nitrogen functional groups attached to an aromatic ring is 1. The van der Waals surface area contributed by atoms with E-state index in [-0.39, 0.29) is 0 Å². The van der Waals surface area contributed by atoms with Gasteiger partial charge >= 0.3 is 0 Å². The molecule has 3 unspecified atom stereocenters. The van der Waals surface area contributed by atoms with E-state index in [4.69, 9.17) is 5.73 Å². The van der Waals surface area contributed by atoms with Crippen LogP contribution in [0.25, 0.3) is 11.0 Å². The average Bonchev–Trinajstić information content (AvgIpc) is 2.78. The number of rotatable bonds is 1. The van der Waals surface area contributed by atoms with Crippen LogP contribution in [0.4, 0.5) is 5.95 Å². The van der Waals surface area contributed by atoms with Gasteiger partial charge in [-0.2, -0.15) is 5.26 Å². The number of hydrogen-bond acceptors (Lipinski definition) is 3. The molecule has 1 aliphatic rings. The summed E-state index contributed by atoms with van der Waals surface area (Å²) in [7, 11) is 0. The highest BCUT2D eigenvalue weighted by Crippen LogP contribution is 2.40. The van der Waals surface area contributed by atoms with Crippen LogP contribution in [-0.2, 0) is 0 Å². The molecule has 0 spiro atoms. The molecule has 4 heteroatoms. The molecule has 2 aromatic rings. The van der Waals surface area contributed by atoms with E-state index in [0.717, 1.165) is 17.5 Å². The molecule has 0 saturated heterocycles. The van der Waals surface area contributed by atoms with Crippen LogP contribution in [0.1, 0.15) is 44.7 Å². The van der Waals surface area contributed by atoms with Gasteiger partial charge in [-0.05, 0) is 30.4 Å². The molecule has 0 radical (unpaired) electrons. The number of nitriles is 1. The molecule has 1 fully saturated rings. The molecule has 104 valence electrons. The molecule has 0 bridgehead atoms. The van der Waals surface area contributed by atoms with Crippen LogP contribution in [0, 0.1) is 23.2 Å². The number of aromatic nitrogens is 2. The van der Waals surface area contributed by atoms with Gasteiger partial charge in [0, 0.05) is 6.04 Å². The van der Waals surface area contributed by atoms with Gasteiger partial charge in [0.2, 0.25) is 5.95 Å². The SMILES string of the molecule is CC1CCCC(n2c(N)nc3c(C#N)cccc32)C1C. The van der Waals surface area contributed by atoms with Gasteiger partial charge in [-0.25, -0.2) is 4.98 Å². The maximum atomic E-state index is 9.20. The molecule has 1 aromatic carbocycles. The smallest absolute Gasteiger partial charge is 0.201 e. The number of nitrogens with zero attached hydrogens (tertiary/aromatic N) is 3. The summed E-state index contributed by atoms with van der Waals surface area (Å²) < 4.78 is 2.15. The molecule has 4 nitrogen and oxygen atoms in total. The Labute approximate surface area is 119 Å². The van der Waals surface area contributed by atoms with Crippen molar-refractivity contribution in [3.8, 4) is 6.07 Å². The third-order valence-electron chi connectivity index (χ3n) is 4.86. The van der Waals surface area contributed by atoms with Gasteiger partial charge in [0.25, 0.3) is 0 Å². The van der Waals surface area contributed by atoms with Crippen LogP contribution in [0.15, 0.2) is 18.2 Å². The zero-order chi connectivity index (χ0) is 14.3. The fourth-order valence-corrected chi connectivity index (χ4v) is 3.49. The minimum atomic E-state index is 0.387. The largest absolute Gasteiger partial charge is 0.369 e. The topological polar surface area (TPSA) is 67.6 Å². The maximum absolute atomic E-state index is 9.20. The van der Waals surface area contributed by atoms with Crippen molar-refractivity contribution in [3.63, 3.8) is 0 Å². The van der Waals surface area contributed by atoms with E-state index in [1.165, 1.54) is 12.8 Å². The lowest BCUT2D eigenvalue weighted by atomic mass is 9.78. The summed E-state index contributed by atoms with van der Waals surface area (Å²) >= 11 is 0. The van der Waals surface area contributed by atoms with Crippen molar-refractivity contribution >= 4 is 17.0 Å². The lowest BCUT2D eigenvalue weighted by molar-refractivity contribution is 0.191. The molecule has 1 heterocycles. The molecule has 3 rings (SSSR count). The van der Waals surface area contributed by atoms with Crippen LogP contribution in [0.3, 0.4) is 0 Å². The average molecular weight is 268 g/mol. The van der Waals surface area contributed by atoms with Crippen LogP contribution in [0.2, 0.25) is 0 Å². The Morgan fingerprint density at radius 3 is 2.90 bits per heavy atom. The van der Waals surface area contributed by atoms with Crippen LogP contribution >= 0.6 is 0 Å². The Hall–Kier alpha value is -2.02. The number of hydrogen-bond donors (Lipinski definition) is 1. The molecule has 0 amide bonds. The molecule has 2 N–H and O–H groups in total. The van der Waals surface area contributed by atoms with Crippen LogP contribution in [-0.4, -0.2) is 9.55 Å². The number of nitrogens with two attached hydrogens (primary N) is 1. The maximum Gasteiger partial charge on any atom is 0.201 e. The first-order valence-corrected chi connectivity index (χ1v) is 7.30. The van der Waals surface area contributed by atoms with Gasteiger partial charge in [-0.1, -0.05) is 32.8 Å². The van der Waals surface area contributed by atoms with Crippen LogP contribution in [0.5, 0.6) is 0 Å². The molecule has 3 atom stereocenters. The first-order chi connectivity index (χ1) is 9.63. The van der Waals surface area contributed by atoms with Gasteiger partial charge in [-0.15, -0.1) is 0 Å². The normalized spacial score (nSPS) is 26.6. The van der Waals surface area contributed by atoms with Crippen molar-refractivity contribution in [1.29, 1.82) is 5.26 Å². The van der Waals surface area contributed by atoms with Gasteiger partial charge < -0.3 is 10.3 Å². The van der Waals surface area contributed by atoms with E-state index in [2.05, 4.69) is 29.5 Å². The van der Waals surface area contributed by atoms with E-state index >= 15 is 0 Å². The number of para-hydroxylation sites is 1. The number of anilines is 1. The molecule has 0 aliphatic heterocycles. The lowest BCUT2D eigenvalue weighted by Crippen LogP contribution is -2.27. The lowest BCUT2D eigenvalue weighted by Gasteiger charge is -2.35. The van der Waals surface area contributed by atoms with Gasteiger partial charge in [0.05, 0.1) is 11.1 Å². The molecular weight excluding hydrogens is 248 g/mol. The molecule has 20 heavy (non-hydrogen) atoms. The summed E-state index contributed by atoms with van der Waals surface area (Å²) in [5, 5.41) is 9.20. The Kier molecular flexibility index (Phi) is 3.13. The Morgan fingerprint density at radius 2 is 2.15 bits per heavy atom. The fourth-order valence-electron chi connectivity index (χ4n) is 3.49. The van der Waals surface area contributed by atoms with Gasteiger partial charge in [0.15, 0.2) is 0 Å². The standard InChI is InChI=1S/C16H20N4/c1-10-5-3-7-13(11(10)2)20-14-8-4-6-12(9-17)15(14)19-16(20)18/h4,6,8,10-11,13H,3,5,7H2,1-2H3,(H2,18,19). The van der Waals surface area contributed by atoms with E-state index in [1.807, 2.05) is 12.1 Å². The van der Waals surface area contributed by atoms with E-state index in [9.17, 15) is 5.26 Å². The Balaban J connectivity index is 2.17.